The first-order valence-electron chi connectivity index (χ1n) is 0.283. The fraction of sp³-hybridized carbons (Fsp3) is 0. The van der Waals surface area contributed by atoms with Gasteiger partial charge in [0, 0.05) is 20.4 Å². The van der Waals surface area contributed by atoms with E-state index in [2.05, 4.69) is 0 Å². The zero-order valence-electron chi connectivity index (χ0n) is 1.53. The molecule has 0 spiro atoms. The van der Waals surface area contributed by atoms with Crippen molar-refractivity contribution >= 4 is 0 Å². The molecule has 4 heavy (non-hydrogen) atoms. The van der Waals surface area contributed by atoms with E-state index >= 15 is 0 Å². The van der Waals surface area contributed by atoms with Gasteiger partial charge >= 0.3 is 26.4 Å². The smallest absolute Gasteiger partial charge is 0 e. The fourth-order valence-electron chi connectivity index (χ4n) is 0. The Labute approximate surface area is 46.9 Å². The molecule has 2 N–H and O–H groups in total. The molecule has 0 saturated heterocycles. The van der Waals surface area contributed by atoms with Gasteiger partial charge < -0.3 is 0 Å². The molecule has 0 aromatic rings. The second kappa shape index (κ2) is 8.87. The Kier molecular flexibility index (Phi) is 19.9. The van der Waals surface area contributed by atoms with Crippen LogP contribution in [0.2, 0.25) is 0 Å². The van der Waals surface area contributed by atoms with Crippen molar-refractivity contribution in [3.63, 3.8) is 0 Å². The van der Waals surface area contributed by atoms with Crippen LogP contribution in [0.15, 0.2) is 0 Å². The summed E-state index contributed by atoms with van der Waals surface area (Å²) in [5.41, 5.74) is 0. The SMILES string of the molecule is [OH][Pd][OH].[Pd]. The average molecular weight is 247 g/mol. The number of rotatable bonds is 0. The Morgan fingerprint density at radius 3 is 1.25 bits per heavy atom. The third-order valence-electron chi connectivity index (χ3n) is 0. The van der Waals surface area contributed by atoms with Gasteiger partial charge in [-0.05, 0) is 0 Å². The Morgan fingerprint density at radius 1 is 1.25 bits per heavy atom. The maximum absolute atomic E-state index is 7.18. The molecule has 0 heterocycles. The van der Waals surface area contributed by atoms with Crippen LogP contribution in [0.1, 0.15) is 0 Å². The van der Waals surface area contributed by atoms with Crippen LogP contribution in [0.5, 0.6) is 0 Å². The van der Waals surface area contributed by atoms with Crippen LogP contribution in [0.4, 0.5) is 0 Å². The summed E-state index contributed by atoms with van der Waals surface area (Å²) in [5.74, 6) is 0. The largest absolute Gasteiger partial charge is 0 e. The maximum Gasteiger partial charge on any atom is 0 e. The summed E-state index contributed by atoms with van der Waals surface area (Å²) in [5, 5.41) is 0. The molecule has 2 nitrogen and oxygen atoms in total. The monoisotopic (exact) mass is 246 g/mol. The van der Waals surface area contributed by atoms with E-state index in [1.165, 1.54) is 0 Å². The Balaban J connectivity index is 0. The van der Waals surface area contributed by atoms with Crippen LogP contribution in [-0.4, -0.2) is 7.66 Å². The molecule has 0 aliphatic rings. The van der Waals surface area contributed by atoms with Crippen molar-refractivity contribution in [2.45, 2.75) is 0 Å². The van der Waals surface area contributed by atoms with Crippen LogP contribution in [-0.2, 0) is 39.1 Å². The van der Waals surface area contributed by atoms with Gasteiger partial charge in [0.15, 0.2) is 0 Å². The van der Waals surface area contributed by atoms with Gasteiger partial charge in [0.1, 0.15) is 0 Å². The van der Waals surface area contributed by atoms with Crippen LogP contribution in [0, 0.1) is 0 Å². The van der Waals surface area contributed by atoms with E-state index < -0.39 is 18.7 Å². The van der Waals surface area contributed by atoms with Crippen LogP contribution in [0.25, 0.3) is 0 Å². The minimum absolute atomic E-state index is 0. The van der Waals surface area contributed by atoms with Crippen molar-refractivity contribution in [2.75, 3.05) is 0 Å². The Bertz CT molecular complexity index is 4.00. The van der Waals surface area contributed by atoms with Gasteiger partial charge in [-0.15, -0.1) is 0 Å². The summed E-state index contributed by atoms with van der Waals surface area (Å²) < 4.78 is 14.4. The molecule has 0 fully saturated rings. The molecule has 4 heteroatoms. The van der Waals surface area contributed by atoms with Crippen molar-refractivity contribution in [3.8, 4) is 0 Å². The van der Waals surface area contributed by atoms with Crippen molar-refractivity contribution in [3.05, 3.63) is 0 Å². The minimum Gasteiger partial charge on any atom is 0 e. The van der Waals surface area contributed by atoms with Gasteiger partial charge in [0.25, 0.3) is 0 Å². The standard InChI is InChI=1S/2H2O.2Pd/h2*1H2;;/q;;;+2/p-2. The molecule has 0 aliphatic heterocycles. The van der Waals surface area contributed by atoms with Crippen LogP contribution in [0.3, 0.4) is 0 Å². The quantitative estimate of drug-likeness (QED) is 0.532. The molecule has 0 aromatic heterocycles. The third-order valence-corrected chi connectivity index (χ3v) is 0. The predicted octanol–water partition coefficient (Wildman–Crippen LogP) is -1.12. The fourth-order valence-corrected chi connectivity index (χ4v) is 0. The normalized spacial score (nSPS) is 5.50. The van der Waals surface area contributed by atoms with Gasteiger partial charge in [0.05, 0.1) is 0 Å². The van der Waals surface area contributed by atoms with Crippen molar-refractivity contribution < 1.29 is 46.8 Å². The van der Waals surface area contributed by atoms with E-state index in [1.807, 2.05) is 0 Å². The molecule has 0 rings (SSSR count). The predicted molar refractivity (Wildman–Crippen MR) is 4.44 cm³/mol. The van der Waals surface area contributed by atoms with Gasteiger partial charge in [-0.1, -0.05) is 0 Å². The molecule has 0 amide bonds. The van der Waals surface area contributed by atoms with E-state index in [0.29, 0.717) is 0 Å². The first-order valence-corrected chi connectivity index (χ1v) is 1.67. The van der Waals surface area contributed by atoms with E-state index in [9.17, 15) is 0 Å². The van der Waals surface area contributed by atoms with E-state index in [4.69, 9.17) is 7.66 Å². The maximum atomic E-state index is 7.18. The summed E-state index contributed by atoms with van der Waals surface area (Å²) in [6, 6.07) is 0. The number of hydrogen-bond donors (Lipinski definition) is 2. The minimum atomic E-state index is -1.05. The molecule has 0 bridgehead atoms. The van der Waals surface area contributed by atoms with E-state index in [0.717, 1.165) is 0 Å². The molecular formula is H2O2Pd2. The molecule has 0 aromatic carbocycles. The Hall–Kier alpha value is 1.24. The van der Waals surface area contributed by atoms with Crippen molar-refractivity contribution in [1.29, 1.82) is 0 Å². The third kappa shape index (κ3) is 10.6. The molecule has 0 radical (unpaired) electrons. The van der Waals surface area contributed by atoms with Crippen molar-refractivity contribution in [1.82, 2.24) is 0 Å². The van der Waals surface area contributed by atoms with Crippen LogP contribution < -0.4 is 0 Å². The van der Waals surface area contributed by atoms with Crippen LogP contribution >= 0.6 is 0 Å². The molecule has 0 unspecified atom stereocenters. The molecule has 34 valence electrons. The molecular weight excluding hydrogens is 245 g/mol. The summed E-state index contributed by atoms with van der Waals surface area (Å²) in [7, 11) is 0. The van der Waals surface area contributed by atoms with Crippen molar-refractivity contribution in [2.24, 2.45) is 0 Å². The Morgan fingerprint density at radius 2 is 1.25 bits per heavy atom. The summed E-state index contributed by atoms with van der Waals surface area (Å²) >= 11 is -1.05. The van der Waals surface area contributed by atoms with Gasteiger partial charge in [-0.2, -0.15) is 0 Å². The first kappa shape index (κ1) is 8.98. The topological polar surface area (TPSA) is 40.5 Å². The van der Waals surface area contributed by atoms with E-state index in [1.54, 1.807) is 0 Å². The zero-order valence-corrected chi connectivity index (χ0v) is 4.64. The molecule has 0 saturated carbocycles. The second-order valence-electron chi connectivity index (χ2n) is 0.0632. The first-order chi connectivity index (χ1) is 1.41. The summed E-state index contributed by atoms with van der Waals surface area (Å²) in [6.45, 7) is 0. The molecule has 0 aliphatic carbocycles. The number of hydrogen-bond acceptors (Lipinski definition) is 2. The summed E-state index contributed by atoms with van der Waals surface area (Å²) in [6.07, 6.45) is 0. The zero-order chi connectivity index (χ0) is 2.71. The van der Waals surface area contributed by atoms with Gasteiger partial charge in [-0.3, -0.25) is 0 Å². The van der Waals surface area contributed by atoms with Gasteiger partial charge in [0.2, 0.25) is 0 Å². The van der Waals surface area contributed by atoms with E-state index in [-0.39, 0.29) is 20.4 Å². The molecule has 0 atom stereocenters. The van der Waals surface area contributed by atoms with Gasteiger partial charge in [-0.25, -0.2) is 0 Å². The summed E-state index contributed by atoms with van der Waals surface area (Å²) in [4.78, 5) is 0. The second-order valence-corrected chi connectivity index (χ2v) is 0.374. The average Bonchev–Trinajstić information content (AvgIpc) is 0.918.